The van der Waals surface area contributed by atoms with Gasteiger partial charge in [0, 0.05) is 6.04 Å². The van der Waals surface area contributed by atoms with Gasteiger partial charge in [0.25, 0.3) is 0 Å². The molecule has 1 unspecified atom stereocenters. The van der Waals surface area contributed by atoms with Crippen molar-refractivity contribution in [3.05, 3.63) is 34.9 Å². The van der Waals surface area contributed by atoms with Crippen LogP contribution in [-0.4, -0.2) is 37.2 Å². The van der Waals surface area contributed by atoms with E-state index in [2.05, 4.69) is 17.0 Å². The third kappa shape index (κ3) is 6.32. The van der Waals surface area contributed by atoms with E-state index in [1.165, 1.54) is 0 Å². The van der Waals surface area contributed by atoms with Gasteiger partial charge >= 0.3 is 5.97 Å². The lowest BCUT2D eigenvalue weighted by molar-refractivity contribution is -0.141. The maximum absolute atomic E-state index is 12.3. The molecule has 0 spiro atoms. The summed E-state index contributed by atoms with van der Waals surface area (Å²) >= 11 is 0. The van der Waals surface area contributed by atoms with Crippen LogP contribution in [-0.2, 0) is 19.6 Å². The maximum Gasteiger partial charge on any atom is 0.330 e. The quantitative estimate of drug-likeness (QED) is 0.653. The smallest absolute Gasteiger partial charge is 0.330 e. The predicted octanol–water partition coefficient (Wildman–Crippen LogP) is 2.04. The van der Waals surface area contributed by atoms with Crippen LogP contribution in [0.5, 0.6) is 0 Å². The molecular formula is C19H28N2O5S. The molecule has 150 valence electrons. The van der Waals surface area contributed by atoms with Crippen molar-refractivity contribution in [2.75, 3.05) is 5.75 Å². The molecule has 27 heavy (non-hydrogen) atoms. The summed E-state index contributed by atoms with van der Waals surface area (Å²) in [7, 11) is -3.82. The maximum atomic E-state index is 12.3. The number of hydrogen-bond acceptors (Lipinski definition) is 4. The van der Waals surface area contributed by atoms with Crippen molar-refractivity contribution >= 4 is 21.9 Å². The average Bonchev–Trinajstić information content (AvgIpc) is 2.56. The molecule has 1 saturated carbocycles. The SMILES string of the molecule is Cc1ccc(C(NC(=O)CS(=O)(=O)NC2CCC(C)CC2)C(=O)O)cc1C. The van der Waals surface area contributed by atoms with Crippen LogP contribution in [0.15, 0.2) is 18.2 Å². The first-order valence-corrected chi connectivity index (χ1v) is 10.8. The van der Waals surface area contributed by atoms with Crippen LogP contribution in [0.1, 0.15) is 55.3 Å². The Morgan fingerprint density at radius 3 is 2.33 bits per heavy atom. The molecule has 0 saturated heterocycles. The summed E-state index contributed by atoms with van der Waals surface area (Å²) in [4.78, 5) is 23.8. The number of carbonyl (C=O) groups is 2. The minimum Gasteiger partial charge on any atom is -0.479 e. The number of hydrogen-bond donors (Lipinski definition) is 3. The van der Waals surface area contributed by atoms with Gasteiger partial charge in [0.1, 0.15) is 5.75 Å². The van der Waals surface area contributed by atoms with Gasteiger partial charge in [0.05, 0.1) is 0 Å². The highest BCUT2D eigenvalue weighted by atomic mass is 32.2. The van der Waals surface area contributed by atoms with Crippen LogP contribution in [0.4, 0.5) is 0 Å². The van der Waals surface area contributed by atoms with Crippen LogP contribution in [0, 0.1) is 19.8 Å². The van der Waals surface area contributed by atoms with Gasteiger partial charge in [0.15, 0.2) is 6.04 Å². The summed E-state index contributed by atoms with van der Waals surface area (Å²) in [6, 6.07) is 3.63. The molecule has 1 aliphatic rings. The summed E-state index contributed by atoms with van der Waals surface area (Å²) in [5.74, 6) is -2.27. The zero-order valence-corrected chi connectivity index (χ0v) is 16.8. The number of carboxylic acids is 1. The van der Waals surface area contributed by atoms with Gasteiger partial charge < -0.3 is 10.4 Å². The largest absolute Gasteiger partial charge is 0.479 e. The molecule has 1 amide bonds. The molecule has 0 radical (unpaired) electrons. The Bertz CT molecular complexity index is 798. The second-order valence-corrected chi connectivity index (χ2v) is 9.27. The molecule has 7 nitrogen and oxygen atoms in total. The topological polar surface area (TPSA) is 113 Å². The first kappa shape index (κ1) is 21.4. The third-order valence-corrected chi connectivity index (χ3v) is 6.43. The van der Waals surface area contributed by atoms with E-state index < -0.39 is 33.7 Å². The Balaban J connectivity index is 2.00. The molecule has 8 heteroatoms. The van der Waals surface area contributed by atoms with Crippen molar-refractivity contribution in [1.29, 1.82) is 0 Å². The van der Waals surface area contributed by atoms with Gasteiger partial charge in [0.2, 0.25) is 15.9 Å². The number of aryl methyl sites for hydroxylation is 2. The highest BCUT2D eigenvalue weighted by Crippen LogP contribution is 2.24. The van der Waals surface area contributed by atoms with Crippen molar-refractivity contribution in [1.82, 2.24) is 10.0 Å². The van der Waals surface area contributed by atoms with E-state index in [1.807, 2.05) is 13.8 Å². The molecule has 1 aromatic carbocycles. The molecule has 1 fully saturated rings. The van der Waals surface area contributed by atoms with Crippen LogP contribution in [0.2, 0.25) is 0 Å². The van der Waals surface area contributed by atoms with Gasteiger partial charge in [-0.1, -0.05) is 25.1 Å². The van der Waals surface area contributed by atoms with Crippen LogP contribution in [0.25, 0.3) is 0 Å². The molecule has 3 N–H and O–H groups in total. The number of rotatable bonds is 7. The molecule has 1 aliphatic carbocycles. The zero-order chi connectivity index (χ0) is 20.2. The lowest BCUT2D eigenvalue weighted by atomic mass is 9.88. The average molecular weight is 397 g/mol. The summed E-state index contributed by atoms with van der Waals surface area (Å²) in [5.41, 5.74) is 2.31. The van der Waals surface area contributed by atoms with Crippen LogP contribution >= 0.6 is 0 Å². The van der Waals surface area contributed by atoms with E-state index in [0.29, 0.717) is 11.5 Å². The number of benzene rings is 1. The Labute approximate surface area is 160 Å². The minimum atomic E-state index is -3.82. The van der Waals surface area contributed by atoms with E-state index in [1.54, 1.807) is 18.2 Å². The fraction of sp³-hybridized carbons (Fsp3) is 0.579. The Hall–Kier alpha value is -1.93. The number of sulfonamides is 1. The molecule has 0 heterocycles. The third-order valence-electron chi connectivity index (χ3n) is 5.10. The molecule has 0 aliphatic heterocycles. The fourth-order valence-corrected chi connectivity index (χ4v) is 4.54. The first-order valence-electron chi connectivity index (χ1n) is 9.16. The van der Waals surface area contributed by atoms with Crippen molar-refractivity contribution in [2.45, 2.75) is 58.5 Å². The predicted molar refractivity (Wildman–Crippen MR) is 103 cm³/mol. The van der Waals surface area contributed by atoms with Crippen molar-refractivity contribution in [2.24, 2.45) is 5.92 Å². The van der Waals surface area contributed by atoms with E-state index in [4.69, 9.17) is 0 Å². The fourth-order valence-electron chi connectivity index (χ4n) is 3.28. The summed E-state index contributed by atoms with van der Waals surface area (Å²) < 4.78 is 27.1. The number of carboxylic acid groups (broad SMARTS) is 1. The normalized spacial score (nSPS) is 21.4. The molecule has 0 aromatic heterocycles. The van der Waals surface area contributed by atoms with Gasteiger partial charge in [-0.05, 0) is 62.1 Å². The Morgan fingerprint density at radius 1 is 1.15 bits per heavy atom. The van der Waals surface area contributed by atoms with Crippen molar-refractivity contribution in [3.8, 4) is 0 Å². The minimum absolute atomic E-state index is 0.158. The standard InChI is InChI=1S/C19H28N2O5S/c1-12-4-8-16(9-5-12)21-27(25,26)11-17(22)20-18(19(23)24)15-7-6-13(2)14(3)10-15/h6-7,10,12,16,18,21H,4-5,8-9,11H2,1-3H3,(H,20,22)(H,23,24). The van der Waals surface area contributed by atoms with E-state index in [0.717, 1.165) is 36.8 Å². The Kier molecular flexibility index (Phi) is 7.00. The van der Waals surface area contributed by atoms with Gasteiger partial charge in [-0.2, -0.15) is 0 Å². The molecule has 0 bridgehead atoms. The molecular weight excluding hydrogens is 368 g/mol. The number of nitrogens with one attached hydrogen (secondary N) is 2. The first-order chi connectivity index (χ1) is 12.6. The molecule has 2 rings (SSSR count). The van der Waals surface area contributed by atoms with Gasteiger partial charge in [-0.15, -0.1) is 0 Å². The second kappa shape index (κ2) is 8.84. The molecule has 1 aromatic rings. The van der Waals surface area contributed by atoms with Crippen molar-refractivity contribution in [3.63, 3.8) is 0 Å². The number of carbonyl (C=O) groups excluding carboxylic acids is 1. The second-order valence-electron chi connectivity index (χ2n) is 7.52. The zero-order valence-electron chi connectivity index (χ0n) is 16.0. The highest BCUT2D eigenvalue weighted by molar-refractivity contribution is 7.90. The monoisotopic (exact) mass is 396 g/mol. The van der Waals surface area contributed by atoms with Crippen LogP contribution in [0.3, 0.4) is 0 Å². The lowest BCUT2D eigenvalue weighted by Crippen LogP contribution is -2.44. The Morgan fingerprint density at radius 2 is 1.78 bits per heavy atom. The highest BCUT2D eigenvalue weighted by Gasteiger charge is 2.28. The number of amides is 1. The summed E-state index contributed by atoms with van der Waals surface area (Å²) in [5, 5.41) is 11.8. The van der Waals surface area contributed by atoms with Crippen LogP contribution < -0.4 is 10.0 Å². The summed E-state index contributed by atoms with van der Waals surface area (Å²) in [6.07, 6.45) is 3.41. The van der Waals surface area contributed by atoms with E-state index in [9.17, 15) is 23.1 Å². The van der Waals surface area contributed by atoms with E-state index in [-0.39, 0.29) is 6.04 Å². The number of aliphatic carboxylic acids is 1. The molecule has 1 atom stereocenters. The van der Waals surface area contributed by atoms with Crippen molar-refractivity contribution < 1.29 is 23.1 Å². The summed E-state index contributed by atoms with van der Waals surface area (Å²) in [6.45, 7) is 5.88. The van der Waals surface area contributed by atoms with Gasteiger partial charge in [-0.25, -0.2) is 17.9 Å². The van der Waals surface area contributed by atoms with Gasteiger partial charge in [-0.3, -0.25) is 4.79 Å². The van der Waals surface area contributed by atoms with E-state index >= 15 is 0 Å². The lowest BCUT2D eigenvalue weighted by Gasteiger charge is -2.26.